The highest BCUT2D eigenvalue weighted by Crippen LogP contribution is 2.39. The van der Waals surface area contributed by atoms with Crippen LogP contribution >= 0.6 is 24.0 Å². The maximum Gasteiger partial charge on any atom is 0.257 e. The standard InChI is InChI=1S/C22H24ClN3O2.ClH.H2O/c23-15-9-12-20-18(14-15)25-22(28)17-6-3-4-7-19(17)26(20)21(27)8-2-1-5-13-24-16-10-11-16;;/h3-4,6-7,9,12,14,16,24H,1-2,5,8,10-11,13H2,(H,25,28);1H;1H2. The molecule has 1 aliphatic carbocycles. The molecule has 0 atom stereocenters. The van der Waals surface area contributed by atoms with E-state index in [1.807, 2.05) is 12.1 Å². The SMILES string of the molecule is Cl.O.O=C1Nc2cc(Cl)ccc2N(C(=O)CCCCCNC2CC2)c2ccccc21. The molecule has 4 rings (SSSR count). The van der Waals surface area contributed by atoms with E-state index in [0.29, 0.717) is 34.1 Å². The zero-order valence-corrected chi connectivity index (χ0v) is 18.2. The van der Waals surface area contributed by atoms with E-state index in [1.54, 1.807) is 35.2 Å². The number of hydrogen-bond acceptors (Lipinski definition) is 3. The molecule has 0 aromatic heterocycles. The molecule has 0 saturated heterocycles. The van der Waals surface area contributed by atoms with E-state index >= 15 is 0 Å². The quantitative estimate of drug-likeness (QED) is 0.607. The van der Waals surface area contributed by atoms with Crippen LogP contribution in [0.4, 0.5) is 17.1 Å². The highest BCUT2D eigenvalue weighted by atomic mass is 35.5. The predicted molar refractivity (Wildman–Crippen MR) is 123 cm³/mol. The van der Waals surface area contributed by atoms with Crippen LogP contribution in [0.1, 0.15) is 48.9 Å². The fraction of sp³-hybridized carbons (Fsp3) is 0.364. The van der Waals surface area contributed by atoms with Crippen LogP contribution in [0.5, 0.6) is 0 Å². The largest absolute Gasteiger partial charge is 0.412 e. The molecule has 2 amide bonds. The van der Waals surface area contributed by atoms with Gasteiger partial charge in [-0.25, -0.2) is 0 Å². The summed E-state index contributed by atoms with van der Waals surface area (Å²) in [6.07, 6.45) is 5.94. The zero-order chi connectivity index (χ0) is 19.5. The first kappa shape index (κ1) is 24.2. The second-order valence-corrected chi connectivity index (χ2v) is 7.84. The third-order valence-electron chi connectivity index (χ3n) is 5.16. The maximum atomic E-state index is 13.2. The Hall–Kier alpha value is -2.12. The van der Waals surface area contributed by atoms with Crippen LogP contribution in [-0.4, -0.2) is 29.9 Å². The van der Waals surface area contributed by atoms with Crippen LogP contribution in [0.25, 0.3) is 0 Å². The first-order valence-corrected chi connectivity index (χ1v) is 10.3. The summed E-state index contributed by atoms with van der Waals surface area (Å²) in [4.78, 5) is 27.5. The van der Waals surface area contributed by atoms with Crippen molar-refractivity contribution in [3.8, 4) is 0 Å². The van der Waals surface area contributed by atoms with Crippen molar-refractivity contribution in [2.75, 3.05) is 16.8 Å². The number of nitrogens with zero attached hydrogens (tertiary/aromatic N) is 1. The molecular weight excluding hydrogens is 425 g/mol. The van der Waals surface area contributed by atoms with Crippen LogP contribution in [0.2, 0.25) is 5.02 Å². The maximum absolute atomic E-state index is 13.2. The van der Waals surface area contributed by atoms with Crippen molar-refractivity contribution in [2.24, 2.45) is 0 Å². The first-order chi connectivity index (χ1) is 13.6. The Kier molecular flexibility index (Phi) is 8.67. The zero-order valence-electron chi connectivity index (χ0n) is 16.6. The lowest BCUT2D eigenvalue weighted by Crippen LogP contribution is -2.26. The summed E-state index contributed by atoms with van der Waals surface area (Å²) in [5.41, 5.74) is 2.30. The highest BCUT2D eigenvalue weighted by Gasteiger charge is 2.29. The second-order valence-electron chi connectivity index (χ2n) is 7.40. The third-order valence-corrected chi connectivity index (χ3v) is 5.40. The summed E-state index contributed by atoms with van der Waals surface area (Å²) in [5, 5.41) is 6.89. The normalized spacial score (nSPS) is 14.4. The van der Waals surface area contributed by atoms with E-state index in [4.69, 9.17) is 11.6 Å². The molecule has 0 bridgehead atoms. The Morgan fingerprint density at radius 2 is 1.87 bits per heavy atom. The summed E-state index contributed by atoms with van der Waals surface area (Å²) >= 11 is 6.11. The summed E-state index contributed by atoms with van der Waals surface area (Å²) in [5.74, 6) is -0.247. The van der Waals surface area contributed by atoms with Gasteiger partial charge in [0.1, 0.15) is 0 Å². The van der Waals surface area contributed by atoms with Gasteiger partial charge in [-0.05, 0) is 62.6 Å². The van der Waals surface area contributed by atoms with Crippen LogP contribution in [0.3, 0.4) is 0 Å². The van der Waals surface area contributed by atoms with Gasteiger partial charge in [0.05, 0.1) is 22.6 Å². The highest BCUT2D eigenvalue weighted by molar-refractivity contribution is 6.31. The second kappa shape index (κ2) is 10.8. The van der Waals surface area contributed by atoms with Crippen LogP contribution in [-0.2, 0) is 4.79 Å². The van der Waals surface area contributed by atoms with Gasteiger partial charge in [-0.1, -0.05) is 30.2 Å². The van der Waals surface area contributed by atoms with E-state index in [9.17, 15) is 9.59 Å². The van der Waals surface area contributed by atoms with Crippen LogP contribution < -0.4 is 15.5 Å². The van der Waals surface area contributed by atoms with Crippen LogP contribution in [0.15, 0.2) is 42.5 Å². The van der Waals surface area contributed by atoms with Crippen LogP contribution in [0, 0.1) is 0 Å². The Morgan fingerprint density at radius 1 is 1.10 bits per heavy atom. The van der Waals surface area contributed by atoms with E-state index < -0.39 is 0 Å². The molecule has 1 saturated carbocycles. The molecule has 0 spiro atoms. The van der Waals surface area contributed by atoms with Gasteiger partial charge < -0.3 is 16.1 Å². The van der Waals surface area contributed by atoms with Gasteiger partial charge in [0.25, 0.3) is 5.91 Å². The minimum absolute atomic E-state index is 0. The van der Waals surface area contributed by atoms with Crippen molar-refractivity contribution in [1.29, 1.82) is 0 Å². The fourth-order valence-corrected chi connectivity index (χ4v) is 3.71. The first-order valence-electron chi connectivity index (χ1n) is 9.90. The summed E-state index contributed by atoms with van der Waals surface area (Å²) in [6.45, 7) is 1.02. The molecule has 162 valence electrons. The molecule has 2 aromatic rings. The number of anilines is 3. The van der Waals surface area contributed by atoms with E-state index in [1.165, 1.54) is 12.8 Å². The van der Waals surface area contributed by atoms with Crippen molar-refractivity contribution in [1.82, 2.24) is 5.32 Å². The molecule has 8 heteroatoms. The fourth-order valence-electron chi connectivity index (χ4n) is 3.54. The number of unbranched alkanes of at least 4 members (excludes halogenated alkanes) is 2. The summed E-state index contributed by atoms with van der Waals surface area (Å²) in [6, 6.07) is 13.1. The Balaban J connectivity index is 0.00000160. The molecule has 1 heterocycles. The lowest BCUT2D eigenvalue weighted by atomic mass is 10.1. The van der Waals surface area contributed by atoms with Crippen molar-refractivity contribution in [3.63, 3.8) is 0 Å². The molecule has 1 aliphatic heterocycles. The van der Waals surface area contributed by atoms with Gasteiger partial charge in [0.15, 0.2) is 0 Å². The molecular formula is C22H27Cl2N3O3. The van der Waals surface area contributed by atoms with E-state index in [-0.39, 0.29) is 29.7 Å². The number of halogens is 2. The molecule has 6 nitrogen and oxygen atoms in total. The lowest BCUT2D eigenvalue weighted by molar-refractivity contribution is -0.118. The summed E-state index contributed by atoms with van der Waals surface area (Å²) < 4.78 is 0. The number of para-hydroxylation sites is 1. The molecule has 1 fully saturated rings. The molecule has 4 N–H and O–H groups in total. The predicted octanol–water partition coefficient (Wildman–Crippen LogP) is 4.48. The number of nitrogens with one attached hydrogen (secondary N) is 2. The smallest absolute Gasteiger partial charge is 0.257 e. The minimum atomic E-state index is -0.236. The van der Waals surface area contributed by atoms with E-state index in [2.05, 4.69) is 10.6 Å². The average Bonchev–Trinajstić information content (AvgIpc) is 3.51. The van der Waals surface area contributed by atoms with Crippen molar-refractivity contribution in [2.45, 2.75) is 44.6 Å². The average molecular weight is 452 g/mol. The Labute approximate surface area is 187 Å². The van der Waals surface area contributed by atoms with E-state index in [0.717, 1.165) is 31.8 Å². The number of rotatable bonds is 7. The van der Waals surface area contributed by atoms with Gasteiger partial charge in [0, 0.05) is 17.5 Å². The van der Waals surface area contributed by atoms with Crippen molar-refractivity contribution in [3.05, 3.63) is 53.1 Å². The van der Waals surface area contributed by atoms with Gasteiger partial charge in [0.2, 0.25) is 5.91 Å². The van der Waals surface area contributed by atoms with Crippen molar-refractivity contribution >= 4 is 52.9 Å². The summed E-state index contributed by atoms with van der Waals surface area (Å²) in [7, 11) is 0. The molecule has 0 radical (unpaired) electrons. The number of carbonyl (C=O) groups is 2. The molecule has 2 aliphatic rings. The van der Waals surface area contributed by atoms with Gasteiger partial charge >= 0.3 is 0 Å². The van der Waals surface area contributed by atoms with Gasteiger partial charge in [-0.15, -0.1) is 12.4 Å². The topological polar surface area (TPSA) is 92.9 Å². The number of fused-ring (bicyclic) bond motifs is 2. The number of carbonyl (C=O) groups excluding carboxylic acids is 2. The monoisotopic (exact) mass is 451 g/mol. The molecule has 2 aromatic carbocycles. The van der Waals surface area contributed by atoms with Crippen molar-refractivity contribution < 1.29 is 15.1 Å². The lowest BCUT2D eigenvalue weighted by Gasteiger charge is -2.24. The van der Waals surface area contributed by atoms with Gasteiger partial charge in [-0.2, -0.15) is 0 Å². The molecule has 0 unspecified atom stereocenters. The number of hydrogen-bond donors (Lipinski definition) is 2. The number of benzene rings is 2. The number of amides is 2. The van der Waals surface area contributed by atoms with Gasteiger partial charge in [-0.3, -0.25) is 14.5 Å². The Morgan fingerprint density at radius 3 is 2.63 bits per heavy atom. The molecule has 30 heavy (non-hydrogen) atoms. The minimum Gasteiger partial charge on any atom is -0.412 e. The third kappa shape index (κ3) is 5.52. The Bertz CT molecular complexity index is 903.